The molecule has 0 saturated carbocycles. The fourth-order valence-electron chi connectivity index (χ4n) is 1.91. The second kappa shape index (κ2) is 5.30. The smallest absolute Gasteiger partial charge is 0.272 e. The summed E-state index contributed by atoms with van der Waals surface area (Å²) in [5, 5.41) is 14.3. The SMILES string of the molecule is CC1OCCC1Nc1c(Cl)cc([N+](=O)[O-])cc1Cl. The molecule has 98 valence electrons. The molecule has 5 nitrogen and oxygen atoms in total. The molecule has 2 unspecified atom stereocenters. The topological polar surface area (TPSA) is 64.4 Å². The molecular formula is C11H12Cl2N2O3. The monoisotopic (exact) mass is 290 g/mol. The van der Waals surface area contributed by atoms with Crippen LogP contribution in [0.5, 0.6) is 0 Å². The van der Waals surface area contributed by atoms with Gasteiger partial charge < -0.3 is 10.1 Å². The molecule has 0 aromatic heterocycles. The third kappa shape index (κ3) is 2.68. The lowest BCUT2D eigenvalue weighted by molar-refractivity contribution is -0.384. The fourth-order valence-corrected chi connectivity index (χ4v) is 2.49. The maximum absolute atomic E-state index is 10.7. The zero-order valence-electron chi connectivity index (χ0n) is 9.65. The molecule has 18 heavy (non-hydrogen) atoms. The van der Waals surface area contributed by atoms with Crippen molar-refractivity contribution in [3.63, 3.8) is 0 Å². The van der Waals surface area contributed by atoms with Gasteiger partial charge in [0.25, 0.3) is 5.69 Å². The van der Waals surface area contributed by atoms with Gasteiger partial charge >= 0.3 is 0 Å². The molecule has 0 aliphatic carbocycles. The van der Waals surface area contributed by atoms with Gasteiger partial charge in [0.15, 0.2) is 0 Å². The van der Waals surface area contributed by atoms with E-state index in [2.05, 4.69) is 5.32 Å². The highest BCUT2D eigenvalue weighted by Crippen LogP contribution is 2.36. The lowest BCUT2D eigenvalue weighted by atomic mass is 10.1. The largest absolute Gasteiger partial charge is 0.377 e. The highest BCUT2D eigenvalue weighted by atomic mass is 35.5. The summed E-state index contributed by atoms with van der Waals surface area (Å²) in [6, 6.07) is 2.69. The zero-order chi connectivity index (χ0) is 13.3. The van der Waals surface area contributed by atoms with Crippen molar-refractivity contribution in [2.45, 2.75) is 25.5 Å². The van der Waals surface area contributed by atoms with E-state index in [9.17, 15) is 10.1 Å². The van der Waals surface area contributed by atoms with Crippen molar-refractivity contribution in [2.75, 3.05) is 11.9 Å². The van der Waals surface area contributed by atoms with E-state index in [-0.39, 0.29) is 27.9 Å². The van der Waals surface area contributed by atoms with Crippen LogP contribution in [0.15, 0.2) is 12.1 Å². The lowest BCUT2D eigenvalue weighted by Crippen LogP contribution is -2.26. The molecule has 0 radical (unpaired) electrons. The van der Waals surface area contributed by atoms with Crippen molar-refractivity contribution >= 4 is 34.6 Å². The number of benzene rings is 1. The van der Waals surface area contributed by atoms with Gasteiger partial charge in [-0.05, 0) is 13.3 Å². The van der Waals surface area contributed by atoms with Crippen molar-refractivity contribution in [1.29, 1.82) is 0 Å². The minimum atomic E-state index is -0.525. The molecule has 0 bridgehead atoms. The number of halogens is 2. The Morgan fingerprint density at radius 3 is 2.50 bits per heavy atom. The lowest BCUT2D eigenvalue weighted by Gasteiger charge is -2.19. The van der Waals surface area contributed by atoms with E-state index >= 15 is 0 Å². The number of nitrogens with one attached hydrogen (secondary N) is 1. The molecule has 1 aromatic carbocycles. The third-order valence-electron chi connectivity index (χ3n) is 2.94. The average Bonchev–Trinajstić information content (AvgIpc) is 2.69. The van der Waals surface area contributed by atoms with Crippen molar-refractivity contribution in [3.05, 3.63) is 32.3 Å². The number of nitro benzene ring substituents is 1. The van der Waals surface area contributed by atoms with E-state index in [0.29, 0.717) is 12.3 Å². The second-order valence-corrected chi connectivity index (χ2v) is 4.97. The first-order valence-electron chi connectivity index (χ1n) is 5.50. The summed E-state index contributed by atoms with van der Waals surface area (Å²) in [6.45, 7) is 2.64. The van der Waals surface area contributed by atoms with Crippen LogP contribution < -0.4 is 5.32 Å². The van der Waals surface area contributed by atoms with Gasteiger partial charge in [0.2, 0.25) is 0 Å². The normalized spacial score (nSPS) is 23.1. The maximum atomic E-state index is 10.7. The zero-order valence-corrected chi connectivity index (χ0v) is 11.2. The number of nitrogens with zero attached hydrogens (tertiary/aromatic N) is 1. The highest BCUT2D eigenvalue weighted by molar-refractivity contribution is 6.39. The summed E-state index contributed by atoms with van der Waals surface area (Å²) in [5.74, 6) is 0. The Labute approximate surface area is 114 Å². The van der Waals surface area contributed by atoms with Gasteiger partial charge in [-0.3, -0.25) is 10.1 Å². The molecule has 1 saturated heterocycles. The summed E-state index contributed by atoms with van der Waals surface area (Å²) < 4.78 is 5.42. The average molecular weight is 291 g/mol. The molecule has 0 spiro atoms. The van der Waals surface area contributed by atoms with E-state index in [1.807, 2.05) is 6.92 Å². The summed E-state index contributed by atoms with van der Waals surface area (Å²) in [6.07, 6.45) is 0.914. The van der Waals surface area contributed by atoms with Crippen molar-refractivity contribution < 1.29 is 9.66 Å². The maximum Gasteiger partial charge on any atom is 0.272 e. The molecule has 2 rings (SSSR count). The van der Waals surface area contributed by atoms with Gasteiger partial charge in [-0.1, -0.05) is 23.2 Å². The predicted molar refractivity (Wildman–Crippen MR) is 70.6 cm³/mol. The van der Waals surface area contributed by atoms with E-state index in [1.54, 1.807) is 0 Å². The number of non-ortho nitro benzene ring substituents is 1. The predicted octanol–water partition coefficient (Wildman–Crippen LogP) is 3.49. The summed E-state index contributed by atoms with van der Waals surface area (Å²) >= 11 is 12.0. The molecule has 1 aliphatic rings. The Morgan fingerprint density at radius 1 is 1.44 bits per heavy atom. The quantitative estimate of drug-likeness (QED) is 0.684. The molecule has 0 amide bonds. The van der Waals surface area contributed by atoms with Gasteiger partial charge in [0, 0.05) is 18.7 Å². The molecular weight excluding hydrogens is 279 g/mol. The van der Waals surface area contributed by atoms with Gasteiger partial charge in [0.05, 0.1) is 32.8 Å². The summed E-state index contributed by atoms with van der Waals surface area (Å²) in [7, 11) is 0. The molecule has 2 atom stereocenters. The number of ether oxygens (including phenoxy) is 1. The van der Waals surface area contributed by atoms with Gasteiger partial charge in [-0.2, -0.15) is 0 Å². The van der Waals surface area contributed by atoms with Crippen molar-refractivity contribution in [1.82, 2.24) is 0 Å². The van der Waals surface area contributed by atoms with Gasteiger partial charge in [-0.15, -0.1) is 0 Å². The molecule has 7 heteroatoms. The number of hydrogen-bond donors (Lipinski definition) is 1. The minimum Gasteiger partial charge on any atom is -0.377 e. The van der Waals surface area contributed by atoms with Crippen molar-refractivity contribution in [3.8, 4) is 0 Å². The molecule has 1 aromatic rings. The standard InChI is InChI=1S/C11H12Cl2N2O3/c1-6-10(2-3-18-6)14-11-8(12)4-7(15(16)17)5-9(11)13/h4-6,10,14H,2-3H2,1H3. The number of hydrogen-bond acceptors (Lipinski definition) is 4. The van der Waals surface area contributed by atoms with Crippen molar-refractivity contribution in [2.24, 2.45) is 0 Å². The van der Waals surface area contributed by atoms with E-state index in [4.69, 9.17) is 27.9 Å². The van der Waals surface area contributed by atoms with Gasteiger partial charge in [0.1, 0.15) is 0 Å². The molecule has 1 N–H and O–H groups in total. The highest BCUT2D eigenvalue weighted by Gasteiger charge is 2.26. The summed E-state index contributed by atoms with van der Waals surface area (Å²) in [5.41, 5.74) is 0.401. The van der Waals surface area contributed by atoms with E-state index in [0.717, 1.165) is 6.42 Å². The van der Waals surface area contributed by atoms with Crippen LogP contribution in [0, 0.1) is 10.1 Å². The number of rotatable bonds is 3. The van der Waals surface area contributed by atoms with Crippen LogP contribution in [0.25, 0.3) is 0 Å². The first-order valence-corrected chi connectivity index (χ1v) is 6.26. The number of anilines is 1. The first kappa shape index (κ1) is 13.4. The van der Waals surface area contributed by atoms with Crippen LogP contribution >= 0.6 is 23.2 Å². The first-order chi connectivity index (χ1) is 8.49. The third-order valence-corrected chi connectivity index (χ3v) is 3.54. The van der Waals surface area contributed by atoms with Crippen LogP contribution in [0.4, 0.5) is 11.4 Å². The Morgan fingerprint density at radius 2 is 2.06 bits per heavy atom. The van der Waals surface area contributed by atoms with Gasteiger partial charge in [-0.25, -0.2) is 0 Å². The van der Waals surface area contributed by atoms with Crippen LogP contribution in [0.2, 0.25) is 10.0 Å². The molecule has 1 aliphatic heterocycles. The fraction of sp³-hybridized carbons (Fsp3) is 0.455. The minimum absolute atomic E-state index is 0.0623. The van der Waals surface area contributed by atoms with Crippen LogP contribution in [-0.4, -0.2) is 23.7 Å². The van der Waals surface area contributed by atoms with E-state index < -0.39 is 4.92 Å². The Bertz CT molecular complexity index is 458. The number of nitro groups is 1. The van der Waals surface area contributed by atoms with E-state index in [1.165, 1.54) is 12.1 Å². The van der Waals surface area contributed by atoms with Crippen LogP contribution in [-0.2, 0) is 4.74 Å². The Balaban J connectivity index is 2.25. The molecule has 1 fully saturated rings. The Hall–Kier alpha value is -1.04. The van der Waals surface area contributed by atoms with Crippen LogP contribution in [0.3, 0.4) is 0 Å². The van der Waals surface area contributed by atoms with Crippen LogP contribution in [0.1, 0.15) is 13.3 Å². The molecule has 1 heterocycles. The Kier molecular flexibility index (Phi) is 3.94. The summed E-state index contributed by atoms with van der Waals surface area (Å²) in [4.78, 5) is 10.1. The second-order valence-electron chi connectivity index (χ2n) is 4.16.